The normalized spacial score (nSPS) is 26.5. The summed E-state index contributed by atoms with van der Waals surface area (Å²) in [5.74, 6) is 1.78. The number of allylic oxidation sites excluding steroid dienone is 5. The Balaban J connectivity index is 1.89. The third kappa shape index (κ3) is 3.19. The Labute approximate surface area is 128 Å². The number of benzene rings is 1. The molecule has 3 rings (SSSR count). The molecular weight excluding hydrogens is 254 g/mol. The fourth-order valence-corrected chi connectivity index (χ4v) is 3.63. The van der Waals surface area contributed by atoms with E-state index in [1.807, 2.05) is 0 Å². The van der Waals surface area contributed by atoms with Crippen molar-refractivity contribution in [3.8, 4) is 0 Å². The zero-order valence-electron chi connectivity index (χ0n) is 13.1. The molecule has 21 heavy (non-hydrogen) atoms. The molecule has 0 fully saturated rings. The van der Waals surface area contributed by atoms with E-state index in [1.165, 1.54) is 30.5 Å². The van der Waals surface area contributed by atoms with Gasteiger partial charge in [-0.15, -0.1) is 0 Å². The summed E-state index contributed by atoms with van der Waals surface area (Å²) >= 11 is 0. The van der Waals surface area contributed by atoms with Gasteiger partial charge in [0.15, 0.2) is 0 Å². The highest BCUT2D eigenvalue weighted by Gasteiger charge is 2.29. The van der Waals surface area contributed by atoms with Gasteiger partial charge < -0.3 is 4.90 Å². The molecular formula is C20H25N. The van der Waals surface area contributed by atoms with E-state index in [4.69, 9.17) is 0 Å². The number of rotatable bonds is 4. The SMILES string of the molecule is CN(C)CCCC1c2ccccc2C=CC2C=CC=CC21. The Kier molecular flexibility index (Phi) is 4.40. The van der Waals surface area contributed by atoms with Crippen LogP contribution in [0, 0.1) is 11.8 Å². The van der Waals surface area contributed by atoms with Gasteiger partial charge in [0.25, 0.3) is 0 Å². The third-order valence-corrected chi connectivity index (χ3v) is 4.70. The highest BCUT2D eigenvalue weighted by molar-refractivity contribution is 5.57. The van der Waals surface area contributed by atoms with Crippen LogP contribution in [0.2, 0.25) is 0 Å². The molecule has 0 bridgehead atoms. The fraction of sp³-hybridized carbons (Fsp3) is 0.400. The van der Waals surface area contributed by atoms with Gasteiger partial charge in [0.05, 0.1) is 0 Å². The van der Waals surface area contributed by atoms with Crippen molar-refractivity contribution in [2.24, 2.45) is 11.8 Å². The van der Waals surface area contributed by atoms with Crippen molar-refractivity contribution >= 4 is 6.08 Å². The topological polar surface area (TPSA) is 3.24 Å². The van der Waals surface area contributed by atoms with E-state index in [0.717, 1.165) is 0 Å². The molecule has 1 aromatic carbocycles. The summed E-state index contributed by atoms with van der Waals surface area (Å²) in [6.45, 7) is 1.17. The van der Waals surface area contributed by atoms with Gasteiger partial charge in [-0.3, -0.25) is 0 Å². The number of fused-ring (bicyclic) bond motifs is 2. The van der Waals surface area contributed by atoms with Gasteiger partial charge in [0, 0.05) is 5.92 Å². The lowest BCUT2D eigenvalue weighted by atomic mass is 9.74. The van der Waals surface area contributed by atoms with Crippen LogP contribution in [0.5, 0.6) is 0 Å². The predicted octanol–water partition coefficient (Wildman–Crippen LogP) is 4.50. The van der Waals surface area contributed by atoms with Gasteiger partial charge in [-0.25, -0.2) is 0 Å². The Bertz CT molecular complexity index is 565. The highest BCUT2D eigenvalue weighted by Crippen LogP contribution is 2.42. The molecule has 0 aromatic heterocycles. The van der Waals surface area contributed by atoms with Gasteiger partial charge in [0.2, 0.25) is 0 Å². The molecule has 0 saturated carbocycles. The average molecular weight is 279 g/mol. The third-order valence-electron chi connectivity index (χ3n) is 4.70. The molecule has 0 N–H and O–H groups in total. The molecule has 0 heterocycles. The fourth-order valence-electron chi connectivity index (χ4n) is 3.63. The van der Waals surface area contributed by atoms with E-state index >= 15 is 0 Å². The van der Waals surface area contributed by atoms with Crippen LogP contribution in [0.3, 0.4) is 0 Å². The first-order valence-corrected chi connectivity index (χ1v) is 8.02. The Morgan fingerprint density at radius 2 is 1.81 bits per heavy atom. The maximum Gasteiger partial charge on any atom is 0.00218 e. The molecule has 110 valence electrons. The molecule has 0 amide bonds. The van der Waals surface area contributed by atoms with E-state index in [1.54, 1.807) is 0 Å². The molecule has 2 aliphatic rings. The monoisotopic (exact) mass is 279 g/mol. The second-order valence-electron chi connectivity index (χ2n) is 6.46. The van der Waals surface area contributed by atoms with Crippen LogP contribution < -0.4 is 0 Å². The van der Waals surface area contributed by atoms with Crippen molar-refractivity contribution < 1.29 is 0 Å². The summed E-state index contributed by atoms with van der Waals surface area (Å²) in [6.07, 6.45) is 16.4. The second-order valence-corrected chi connectivity index (χ2v) is 6.46. The Hall–Kier alpha value is -1.60. The van der Waals surface area contributed by atoms with E-state index in [2.05, 4.69) is 79.7 Å². The van der Waals surface area contributed by atoms with Gasteiger partial charge in [-0.1, -0.05) is 60.7 Å². The second kappa shape index (κ2) is 6.44. The van der Waals surface area contributed by atoms with E-state index < -0.39 is 0 Å². The Morgan fingerprint density at radius 3 is 2.67 bits per heavy atom. The van der Waals surface area contributed by atoms with Crippen molar-refractivity contribution in [1.82, 2.24) is 4.90 Å². The van der Waals surface area contributed by atoms with Crippen molar-refractivity contribution in [3.63, 3.8) is 0 Å². The zero-order chi connectivity index (χ0) is 14.7. The molecule has 0 saturated heterocycles. The maximum atomic E-state index is 2.41. The lowest BCUT2D eigenvalue weighted by Crippen LogP contribution is -2.21. The van der Waals surface area contributed by atoms with Crippen molar-refractivity contribution in [1.29, 1.82) is 0 Å². The van der Waals surface area contributed by atoms with Gasteiger partial charge in [0.1, 0.15) is 0 Å². The van der Waals surface area contributed by atoms with Crippen LogP contribution >= 0.6 is 0 Å². The number of hydrogen-bond acceptors (Lipinski definition) is 1. The molecule has 0 spiro atoms. The summed E-state index contributed by atoms with van der Waals surface area (Å²) in [5, 5.41) is 0. The quantitative estimate of drug-likeness (QED) is 0.784. The highest BCUT2D eigenvalue weighted by atomic mass is 15.0. The van der Waals surface area contributed by atoms with Crippen molar-refractivity contribution in [2.45, 2.75) is 18.8 Å². The number of hydrogen-bond donors (Lipinski definition) is 0. The van der Waals surface area contributed by atoms with Gasteiger partial charge in [-0.2, -0.15) is 0 Å². The summed E-state index contributed by atoms with van der Waals surface area (Å²) in [6, 6.07) is 8.93. The summed E-state index contributed by atoms with van der Waals surface area (Å²) in [4.78, 5) is 2.29. The summed E-state index contributed by atoms with van der Waals surface area (Å²) < 4.78 is 0. The predicted molar refractivity (Wildman–Crippen MR) is 91.3 cm³/mol. The maximum absolute atomic E-state index is 2.41. The molecule has 2 aliphatic carbocycles. The van der Waals surface area contributed by atoms with E-state index in [0.29, 0.717) is 17.8 Å². The molecule has 1 aromatic rings. The summed E-state index contributed by atoms with van der Waals surface area (Å²) in [7, 11) is 4.32. The number of nitrogens with zero attached hydrogens (tertiary/aromatic N) is 1. The smallest absolute Gasteiger partial charge is 0.00218 e. The first kappa shape index (κ1) is 14.3. The lowest BCUT2D eigenvalue weighted by molar-refractivity contribution is 0.356. The van der Waals surface area contributed by atoms with Crippen LogP contribution in [0.15, 0.2) is 54.6 Å². The van der Waals surface area contributed by atoms with Crippen molar-refractivity contribution in [3.05, 3.63) is 65.8 Å². The molecule has 1 nitrogen and oxygen atoms in total. The van der Waals surface area contributed by atoms with Gasteiger partial charge in [-0.05, 0) is 56.4 Å². The zero-order valence-corrected chi connectivity index (χ0v) is 13.1. The molecule has 0 radical (unpaired) electrons. The largest absolute Gasteiger partial charge is 0.309 e. The summed E-state index contributed by atoms with van der Waals surface area (Å²) in [5.41, 5.74) is 2.93. The lowest BCUT2D eigenvalue weighted by Gasteiger charge is -2.30. The first-order chi connectivity index (χ1) is 10.3. The van der Waals surface area contributed by atoms with Crippen LogP contribution in [0.4, 0.5) is 0 Å². The first-order valence-electron chi connectivity index (χ1n) is 8.02. The molecule has 3 atom stereocenters. The molecule has 0 aliphatic heterocycles. The van der Waals surface area contributed by atoms with Crippen LogP contribution in [-0.4, -0.2) is 25.5 Å². The van der Waals surface area contributed by atoms with Gasteiger partial charge >= 0.3 is 0 Å². The minimum absolute atomic E-state index is 0.548. The van der Waals surface area contributed by atoms with Crippen LogP contribution in [0.1, 0.15) is 29.9 Å². The van der Waals surface area contributed by atoms with Crippen molar-refractivity contribution in [2.75, 3.05) is 20.6 Å². The molecule has 3 unspecified atom stereocenters. The molecule has 1 heteroatoms. The minimum Gasteiger partial charge on any atom is -0.309 e. The van der Waals surface area contributed by atoms with E-state index in [9.17, 15) is 0 Å². The van der Waals surface area contributed by atoms with E-state index in [-0.39, 0.29) is 0 Å². The Morgan fingerprint density at radius 1 is 1.00 bits per heavy atom. The van der Waals surface area contributed by atoms with Crippen LogP contribution in [-0.2, 0) is 0 Å². The minimum atomic E-state index is 0.548. The average Bonchev–Trinajstić information content (AvgIpc) is 2.65. The standard InChI is InChI=1S/C20H25N/c1-21(2)15-7-12-20-18-10-5-3-8-16(18)13-14-17-9-4-6-11-19(17)20/h3-6,8-11,13-14,16,18,20H,7,12,15H2,1-2H3. The van der Waals surface area contributed by atoms with Crippen LogP contribution in [0.25, 0.3) is 6.08 Å².